The molecular weight excluding hydrogens is 234 g/mol. The fraction of sp³-hybridized carbons (Fsp3) is 0.417. The second-order valence-electron chi connectivity index (χ2n) is 4.69. The molecule has 1 aromatic rings. The van der Waals surface area contributed by atoms with E-state index < -0.39 is 17.4 Å². The van der Waals surface area contributed by atoms with Gasteiger partial charge in [0.2, 0.25) is 0 Å². The topological polar surface area (TPSA) is 105 Å². The van der Waals surface area contributed by atoms with Gasteiger partial charge in [0.1, 0.15) is 5.54 Å². The summed E-state index contributed by atoms with van der Waals surface area (Å²) in [6.45, 7) is 6.43. The van der Waals surface area contributed by atoms with Gasteiger partial charge in [0.05, 0.1) is 16.9 Å². The van der Waals surface area contributed by atoms with Crippen LogP contribution < -0.4 is 11.1 Å². The molecule has 1 aromatic heterocycles. The molecule has 0 saturated heterocycles. The Morgan fingerprint density at radius 1 is 1.39 bits per heavy atom. The Hall–Kier alpha value is -2.11. The zero-order chi connectivity index (χ0) is 14.1. The molecule has 1 amide bonds. The molecule has 0 unspecified atom stereocenters. The molecular formula is C12H17N3O3. The van der Waals surface area contributed by atoms with Gasteiger partial charge >= 0.3 is 5.97 Å². The number of nitrogens with two attached hydrogens (primary N) is 1. The standard InChI is InChI=1S/C12H17N3O3/c1-6-5-8(15-12(3,4)11(17)18)9(10(13)16)7(2)14-6/h5H,1-4H3,(H2,13,16)(H,14,15)(H,17,18). The Morgan fingerprint density at radius 2 is 1.94 bits per heavy atom. The first-order valence-electron chi connectivity index (χ1n) is 5.45. The maximum atomic E-state index is 11.4. The summed E-state index contributed by atoms with van der Waals surface area (Å²) in [7, 11) is 0. The maximum absolute atomic E-state index is 11.4. The van der Waals surface area contributed by atoms with Crippen LogP contribution in [0.2, 0.25) is 0 Å². The minimum atomic E-state index is -1.20. The van der Waals surface area contributed by atoms with Crippen molar-refractivity contribution in [1.29, 1.82) is 0 Å². The average molecular weight is 251 g/mol. The molecule has 0 fully saturated rings. The molecule has 4 N–H and O–H groups in total. The van der Waals surface area contributed by atoms with E-state index in [0.717, 1.165) is 0 Å². The highest BCUT2D eigenvalue weighted by Crippen LogP contribution is 2.23. The zero-order valence-corrected chi connectivity index (χ0v) is 10.9. The van der Waals surface area contributed by atoms with Crippen molar-refractivity contribution in [1.82, 2.24) is 4.98 Å². The number of nitrogens with one attached hydrogen (secondary N) is 1. The number of hydrogen-bond donors (Lipinski definition) is 3. The van der Waals surface area contributed by atoms with Gasteiger partial charge in [0.25, 0.3) is 5.91 Å². The van der Waals surface area contributed by atoms with Crippen molar-refractivity contribution < 1.29 is 14.7 Å². The van der Waals surface area contributed by atoms with E-state index in [1.807, 2.05) is 0 Å². The predicted octanol–water partition coefficient (Wildman–Crippen LogP) is 1.07. The van der Waals surface area contributed by atoms with E-state index in [4.69, 9.17) is 10.8 Å². The number of rotatable bonds is 4. The number of anilines is 1. The first kappa shape index (κ1) is 14.0. The number of amides is 1. The van der Waals surface area contributed by atoms with Gasteiger partial charge in [-0.2, -0.15) is 0 Å². The molecule has 6 heteroatoms. The lowest BCUT2D eigenvalue weighted by molar-refractivity contribution is -0.141. The molecule has 18 heavy (non-hydrogen) atoms. The summed E-state index contributed by atoms with van der Waals surface area (Å²) in [4.78, 5) is 26.6. The van der Waals surface area contributed by atoms with E-state index in [9.17, 15) is 9.59 Å². The highest BCUT2D eigenvalue weighted by Gasteiger charge is 2.28. The third-order valence-corrected chi connectivity index (χ3v) is 2.56. The summed E-state index contributed by atoms with van der Waals surface area (Å²) < 4.78 is 0. The number of carboxylic acid groups (broad SMARTS) is 1. The number of carbonyl (C=O) groups excluding carboxylic acids is 1. The van der Waals surface area contributed by atoms with E-state index in [2.05, 4.69) is 10.3 Å². The Labute approximate surface area is 105 Å². The van der Waals surface area contributed by atoms with Gasteiger partial charge in [-0.1, -0.05) is 0 Å². The summed E-state index contributed by atoms with van der Waals surface area (Å²) in [6.07, 6.45) is 0. The number of aliphatic carboxylic acids is 1. The fourth-order valence-corrected chi connectivity index (χ4v) is 1.63. The van der Waals surface area contributed by atoms with Crippen molar-refractivity contribution >= 4 is 17.6 Å². The number of carbonyl (C=O) groups is 2. The normalized spacial score (nSPS) is 11.1. The lowest BCUT2D eigenvalue weighted by Crippen LogP contribution is -2.40. The molecule has 0 spiro atoms. The molecule has 98 valence electrons. The van der Waals surface area contributed by atoms with Gasteiger partial charge in [-0.3, -0.25) is 9.78 Å². The van der Waals surface area contributed by atoms with Gasteiger partial charge in [0.15, 0.2) is 0 Å². The van der Waals surface area contributed by atoms with Crippen LogP contribution in [0.1, 0.15) is 35.6 Å². The Bertz CT molecular complexity index is 510. The van der Waals surface area contributed by atoms with Crippen LogP contribution in [0.25, 0.3) is 0 Å². The molecule has 0 radical (unpaired) electrons. The minimum Gasteiger partial charge on any atom is -0.480 e. The Kier molecular flexibility index (Phi) is 3.59. The lowest BCUT2D eigenvalue weighted by atomic mass is 10.0. The predicted molar refractivity (Wildman–Crippen MR) is 67.6 cm³/mol. The Balaban J connectivity index is 3.32. The average Bonchev–Trinajstić information content (AvgIpc) is 2.13. The van der Waals surface area contributed by atoms with Crippen LogP contribution in [0, 0.1) is 13.8 Å². The Morgan fingerprint density at radius 3 is 2.39 bits per heavy atom. The molecule has 0 aliphatic heterocycles. The number of carboxylic acids is 1. The third kappa shape index (κ3) is 2.77. The summed E-state index contributed by atoms with van der Waals surface area (Å²) in [5.41, 5.74) is 5.86. The zero-order valence-electron chi connectivity index (χ0n) is 10.9. The number of primary amides is 1. The van der Waals surface area contributed by atoms with Gasteiger partial charge in [0, 0.05) is 5.69 Å². The van der Waals surface area contributed by atoms with Crippen LogP contribution in [-0.2, 0) is 4.79 Å². The van der Waals surface area contributed by atoms with Gasteiger partial charge < -0.3 is 16.2 Å². The molecule has 0 aromatic carbocycles. The van der Waals surface area contributed by atoms with Crippen LogP contribution in [-0.4, -0.2) is 27.5 Å². The summed E-state index contributed by atoms with van der Waals surface area (Å²) in [5, 5.41) is 11.9. The molecule has 0 saturated carbocycles. The largest absolute Gasteiger partial charge is 0.480 e. The second kappa shape index (κ2) is 4.64. The summed E-state index contributed by atoms with van der Waals surface area (Å²) >= 11 is 0. The van der Waals surface area contributed by atoms with Crippen LogP contribution >= 0.6 is 0 Å². The molecule has 0 aliphatic carbocycles. The van der Waals surface area contributed by atoms with Crippen molar-refractivity contribution in [2.24, 2.45) is 5.73 Å². The number of aromatic nitrogens is 1. The molecule has 0 aliphatic rings. The lowest BCUT2D eigenvalue weighted by Gasteiger charge is -2.24. The number of nitrogens with zero attached hydrogens (tertiary/aromatic N) is 1. The van der Waals surface area contributed by atoms with Crippen LogP contribution in [0.15, 0.2) is 6.07 Å². The van der Waals surface area contributed by atoms with Crippen LogP contribution in [0.3, 0.4) is 0 Å². The van der Waals surface area contributed by atoms with Gasteiger partial charge in [-0.25, -0.2) is 4.79 Å². The number of hydrogen-bond acceptors (Lipinski definition) is 4. The second-order valence-corrected chi connectivity index (χ2v) is 4.69. The van der Waals surface area contributed by atoms with Crippen LogP contribution in [0.5, 0.6) is 0 Å². The summed E-state index contributed by atoms with van der Waals surface area (Å²) in [5.74, 6) is -1.66. The SMILES string of the molecule is Cc1cc(NC(C)(C)C(=O)O)c(C(N)=O)c(C)n1. The van der Waals surface area contributed by atoms with E-state index in [1.54, 1.807) is 19.9 Å². The maximum Gasteiger partial charge on any atom is 0.328 e. The monoisotopic (exact) mass is 251 g/mol. The molecule has 6 nitrogen and oxygen atoms in total. The van der Waals surface area contributed by atoms with Gasteiger partial charge in [-0.05, 0) is 33.8 Å². The smallest absolute Gasteiger partial charge is 0.328 e. The van der Waals surface area contributed by atoms with Gasteiger partial charge in [-0.15, -0.1) is 0 Å². The summed E-state index contributed by atoms with van der Waals surface area (Å²) in [6, 6.07) is 1.61. The number of aryl methyl sites for hydroxylation is 2. The molecule has 1 heterocycles. The third-order valence-electron chi connectivity index (χ3n) is 2.56. The first-order chi connectivity index (χ1) is 8.15. The highest BCUT2D eigenvalue weighted by atomic mass is 16.4. The quantitative estimate of drug-likeness (QED) is 0.742. The van der Waals surface area contributed by atoms with E-state index in [-0.39, 0.29) is 5.56 Å². The van der Waals surface area contributed by atoms with Crippen molar-refractivity contribution in [3.63, 3.8) is 0 Å². The molecule has 1 rings (SSSR count). The molecule has 0 atom stereocenters. The fourth-order valence-electron chi connectivity index (χ4n) is 1.63. The van der Waals surface area contributed by atoms with Crippen molar-refractivity contribution in [3.05, 3.63) is 23.0 Å². The minimum absolute atomic E-state index is 0.218. The van der Waals surface area contributed by atoms with Crippen molar-refractivity contribution in [2.45, 2.75) is 33.2 Å². The van der Waals surface area contributed by atoms with E-state index >= 15 is 0 Å². The van der Waals surface area contributed by atoms with E-state index in [1.165, 1.54) is 13.8 Å². The van der Waals surface area contributed by atoms with Crippen LogP contribution in [0.4, 0.5) is 5.69 Å². The number of pyridine rings is 1. The molecule has 0 bridgehead atoms. The van der Waals surface area contributed by atoms with E-state index in [0.29, 0.717) is 17.1 Å². The van der Waals surface area contributed by atoms with Crippen molar-refractivity contribution in [3.8, 4) is 0 Å². The van der Waals surface area contributed by atoms with Crippen molar-refractivity contribution in [2.75, 3.05) is 5.32 Å². The first-order valence-corrected chi connectivity index (χ1v) is 5.45. The highest BCUT2D eigenvalue weighted by molar-refractivity contribution is 6.00.